The van der Waals surface area contributed by atoms with Gasteiger partial charge in [0.05, 0.1) is 0 Å². The molecule has 1 aliphatic rings. The van der Waals surface area contributed by atoms with Crippen LogP contribution in [-0.4, -0.2) is 37.6 Å². The average Bonchev–Trinajstić information content (AvgIpc) is 2.25. The maximum atomic E-state index is 3.74. The molecule has 1 N–H and O–H groups in total. The topological polar surface area (TPSA) is 15.3 Å². The summed E-state index contributed by atoms with van der Waals surface area (Å²) in [7, 11) is 0. The van der Waals surface area contributed by atoms with E-state index >= 15 is 0 Å². The molecule has 0 bridgehead atoms. The molecule has 1 heterocycles. The summed E-state index contributed by atoms with van der Waals surface area (Å²) in [6, 6.07) is 0. The van der Waals surface area contributed by atoms with Gasteiger partial charge in [-0.2, -0.15) is 0 Å². The Labute approximate surface area is 88.4 Å². The normalized spacial score (nSPS) is 18.3. The van der Waals surface area contributed by atoms with Gasteiger partial charge in [-0.25, -0.2) is 0 Å². The van der Waals surface area contributed by atoms with E-state index < -0.39 is 0 Å². The molecular formula is C12H24N2. The molecule has 0 aromatic rings. The Kier molecular flexibility index (Phi) is 6.71. The van der Waals surface area contributed by atoms with Crippen LogP contribution in [0, 0.1) is 0 Å². The molecule has 0 aliphatic carbocycles. The van der Waals surface area contributed by atoms with Crippen LogP contribution in [0.2, 0.25) is 0 Å². The first kappa shape index (κ1) is 11.7. The monoisotopic (exact) mass is 196 g/mol. The predicted octanol–water partition coefficient (Wildman–Crippen LogP) is 2.03. The van der Waals surface area contributed by atoms with Crippen LogP contribution in [0.1, 0.15) is 32.1 Å². The summed E-state index contributed by atoms with van der Waals surface area (Å²) in [6.45, 7) is 9.88. The van der Waals surface area contributed by atoms with Crippen molar-refractivity contribution in [1.82, 2.24) is 10.2 Å². The van der Waals surface area contributed by atoms with E-state index in [2.05, 4.69) is 16.8 Å². The SMILES string of the molecule is C=CCCCCCCN1CCNCC1. The number of unbranched alkanes of at least 4 members (excludes halogenated alkanes) is 4. The summed E-state index contributed by atoms with van der Waals surface area (Å²) in [5.41, 5.74) is 0. The third-order valence-corrected chi connectivity index (χ3v) is 2.84. The number of allylic oxidation sites excluding steroid dienone is 1. The summed E-state index contributed by atoms with van der Waals surface area (Å²) in [5.74, 6) is 0. The number of hydrogen-bond acceptors (Lipinski definition) is 2. The van der Waals surface area contributed by atoms with Gasteiger partial charge in [0.1, 0.15) is 0 Å². The van der Waals surface area contributed by atoms with Crippen LogP contribution in [0.5, 0.6) is 0 Å². The molecule has 0 unspecified atom stereocenters. The molecule has 0 radical (unpaired) electrons. The highest BCUT2D eigenvalue weighted by Crippen LogP contribution is 2.04. The smallest absolute Gasteiger partial charge is 0.0107 e. The molecule has 2 nitrogen and oxygen atoms in total. The van der Waals surface area contributed by atoms with Crippen LogP contribution in [0.4, 0.5) is 0 Å². The molecule has 1 aliphatic heterocycles. The van der Waals surface area contributed by atoms with E-state index in [0.29, 0.717) is 0 Å². The van der Waals surface area contributed by atoms with Gasteiger partial charge in [-0.1, -0.05) is 18.9 Å². The van der Waals surface area contributed by atoms with Crippen molar-refractivity contribution in [3.63, 3.8) is 0 Å². The quantitative estimate of drug-likeness (QED) is 0.495. The minimum atomic E-state index is 1.18. The van der Waals surface area contributed by atoms with Crippen molar-refractivity contribution in [2.45, 2.75) is 32.1 Å². The molecule has 0 amide bonds. The lowest BCUT2D eigenvalue weighted by Crippen LogP contribution is -2.43. The lowest BCUT2D eigenvalue weighted by molar-refractivity contribution is 0.236. The van der Waals surface area contributed by atoms with E-state index in [-0.39, 0.29) is 0 Å². The fraction of sp³-hybridized carbons (Fsp3) is 0.833. The molecule has 0 saturated carbocycles. The summed E-state index contributed by atoms with van der Waals surface area (Å²) in [6.07, 6.45) is 8.67. The Balaban J connectivity index is 1.85. The molecule has 0 atom stereocenters. The first-order valence-electron chi connectivity index (χ1n) is 5.97. The lowest BCUT2D eigenvalue weighted by Gasteiger charge is -2.26. The van der Waals surface area contributed by atoms with Crippen molar-refractivity contribution in [3.05, 3.63) is 12.7 Å². The molecule has 82 valence electrons. The molecule has 0 aromatic heterocycles. The van der Waals surface area contributed by atoms with Gasteiger partial charge >= 0.3 is 0 Å². The van der Waals surface area contributed by atoms with Gasteiger partial charge in [-0.3, -0.25) is 0 Å². The van der Waals surface area contributed by atoms with Crippen LogP contribution in [0.3, 0.4) is 0 Å². The zero-order valence-electron chi connectivity index (χ0n) is 9.30. The molecule has 0 spiro atoms. The maximum absolute atomic E-state index is 3.74. The molecule has 1 fully saturated rings. The van der Waals surface area contributed by atoms with Gasteiger partial charge in [0.25, 0.3) is 0 Å². The van der Waals surface area contributed by atoms with Gasteiger partial charge in [0, 0.05) is 26.2 Å². The van der Waals surface area contributed by atoms with E-state index in [1.165, 1.54) is 64.8 Å². The fourth-order valence-corrected chi connectivity index (χ4v) is 1.91. The minimum Gasteiger partial charge on any atom is -0.314 e. The summed E-state index contributed by atoms with van der Waals surface area (Å²) < 4.78 is 0. The molecular weight excluding hydrogens is 172 g/mol. The van der Waals surface area contributed by atoms with Crippen LogP contribution >= 0.6 is 0 Å². The van der Waals surface area contributed by atoms with E-state index in [1.54, 1.807) is 0 Å². The van der Waals surface area contributed by atoms with Gasteiger partial charge in [0.2, 0.25) is 0 Å². The number of nitrogens with one attached hydrogen (secondary N) is 1. The van der Waals surface area contributed by atoms with E-state index in [1.807, 2.05) is 6.08 Å². The second kappa shape index (κ2) is 8.01. The Hall–Kier alpha value is -0.340. The zero-order valence-corrected chi connectivity index (χ0v) is 9.30. The van der Waals surface area contributed by atoms with Gasteiger partial charge in [-0.05, 0) is 25.8 Å². The van der Waals surface area contributed by atoms with Crippen LogP contribution in [0.15, 0.2) is 12.7 Å². The van der Waals surface area contributed by atoms with Gasteiger partial charge in [0.15, 0.2) is 0 Å². The first-order chi connectivity index (χ1) is 6.93. The Morgan fingerprint density at radius 3 is 2.50 bits per heavy atom. The highest BCUT2D eigenvalue weighted by Gasteiger charge is 2.07. The largest absolute Gasteiger partial charge is 0.314 e. The van der Waals surface area contributed by atoms with Crippen LogP contribution in [-0.2, 0) is 0 Å². The number of rotatable bonds is 7. The highest BCUT2D eigenvalue weighted by atomic mass is 15.2. The van der Waals surface area contributed by atoms with E-state index in [4.69, 9.17) is 0 Å². The third-order valence-electron chi connectivity index (χ3n) is 2.84. The van der Waals surface area contributed by atoms with Crippen molar-refractivity contribution >= 4 is 0 Å². The third kappa shape index (κ3) is 5.40. The van der Waals surface area contributed by atoms with Crippen LogP contribution < -0.4 is 5.32 Å². The maximum Gasteiger partial charge on any atom is 0.0107 e. The summed E-state index contributed by atoms with van der Waals surface area (Å²) in [5, 5.41) is 3.38. The van der Waals surface area contributed by atoms with E-state index in [0.717, 1.165) is 0 Å². The summed E-state index contributed by atoms with van der Waals surface area (Å²) in [4.78, 5) is 2.57. The highest BCUT2D eigenvalue weighted by molar-refractivity contribution is 4.68. The van der Waals surface area contributed by atoms with Crippen molar-refractivity contribution in [2.75, 3.05) is 32.7 Å². The van der Waals surface area contributed by atoms with Crippen molar-refractivity contribution in [1.29, 1.82) is 0 Å². The zero-order chi connectivity index (χ0) is 10.1. The van der Waals surface area contributed by atoms with Crippen molar-refractivity contribution in [3.8, 4) is 0 Å². The number of piperazine rings is 1. The number of nitrogens with zero attached hydrogens (tertiary/aromatic N) is 1. The Bertz CT molecular complexity index is 139. The Morgan fingerprint density at radius 1 is 1.07 bits per heavy atom. The standard InChI is InChI=1S/C12H24N2/c1-2-3-4-5-6-7-10-14-11-8-13-9-12-14/h2,13H,1,3-12H2. The molecule has 0 aromatic carbocycles. The molecule has 14 heavy (non-hydrogen) atoms. The molecule has 2 heteroatoms. The molecule has 1 rings (SSSR count). The lowest BCUT2D eigenvalue weighted by atomic mass is 10.1. The fourth-order valence-electron chi connectivity index (χ4n) is 1.91. The number of hydrogen-bond donors (Lipinski definition) is 1. The molecule has 1 saturated heterocycles. The minimum absolute atomic E-state index is 1.18. The first-order valence-corrected chi connectivity index (χ1v) is 5.97. The van der Waals surface area contributed by atoms with E-state index in [9.17, 15) is 0 Å². The second-order valence-electron chi connectivity index (χ2n) is 4.08. The van der Waals surface area contributed by atoms with Crippen molar-refractivity contribution in [2.24, 2.45) is 0 Å². The second-order valence-corrected chi connectivity index (χ2v) is 4.08. The average molecular weight is 196 g/mol. The predicted molar refractivity (Wildman–Crippen MR) is 62.6 cm³/mol. The van der Waals surface area contributed by atoms with Gasteiger partial charge in [-0.15, -0.1) is 6.58 Å². The van der Waals surface area contributed by atoms with Crippen molar-refractivity contribution < 1.29 is 0 Å². The van der Waals surface area contributed by atoms with Crippen LogP contribution in [0.25, 0.3) is 0 Å². The Morgan fingerprint density at radius 2 is 1.79 bits per heavy atom. The van der Waals surface area contributed by atoms with Gasteiger partial charge < -0.3 is 10.2 Å². The summed E-state index contributed by atoms with van der Waals surface area (Å²) >= 11 is 0.